The first-order valence-corrected chi connectivity index (χ1v) is 13.5. The zero-order chi connectivity index (χ0) is 21.5. The van der Waals surface area contributed by atoms with Crippen molar-refractivity contribution in [3.63, 3.8) is 0 Å². The summed E-state index contributed by atoms with van der Waals surface area (Å²) in [4.78, 5) is 2.70. The van der Waals surface area contributed by atoms with Crippen molar-refractivity contribution in [2.45, 2.75) is 104 Å². The van der Waals surface area contributed by atoms with E-state index in [-0.39, 0.29) is 6.10 Å². The second-order valence-electron chi connectivity index (χ2n) is 13.2. The smallest absolute Gasteiger partial charge is 0.0996 e. The first-order chi connectivity index (χ1) is 14.8. The molecule has 0 unspecified atom stereocenters. The monoisotopic (exact) mass is 427 g/mol. The fraction of sp³-hybridized carbons (Fsp3) is 0.929. The molecule has 31 heavy (non-hydrogen) atoms. The van der Waals surface area contributed by atoms with Gasteiger partial charge in [0.2, 0.25) is 0 Å². The van der Waals surface area contributed by atoms with E-state index in [2.05, 4.69) is 38.7 Å². The molecule has 2 saturated heterocycles. The Labute approximate surface area is 190 Å². The van der Waals surface area contributed by atoms with Crippen LogP contribution >= 0.6 is 0 Å². The molecule has 3 saturated carbocycles. The maximum absolute atomic E-state index is 10.3. The maximum atomic E-state index is 10.3. The lowest BCUT2D eigenvalue weighted by Crippen LogP contribution is -2.53. The van der Waals surface area contributed by atoms with Gasteiger partial charge in [-0.3, -0.25) is 4.90 Å². The van der Waals surface area contributed by atoms with Crippen LogP contribution in [0.1, 0.15) is 85.5 Å². The van der Waals surface area contributed by atoms with E-state index in [1.54, 1.807) is 5.57 Å². The number of rotatable bonds is 0. The van der Waals surface area contributed by atoms with Crippen LogP contribution in [-0.2, 0) is 4.74 Å². The lowest BCUT2D eigenvalue weighted by atomic mass is 9.47. The summed E-state index contributed by atoms with van der Waals surface area (Å²) in [5.41, 5.74) is 2.39. The lowest BCUT2D eigenvalue weighted by Gasteiger charge is -2.58. The normalized spacial score (nSPS) is 56.9. The van der Waals surface area contributed by atoms with Crippen molar-refractivity contribution in [1.82, 2.24) is 4.90 Å². The number of hydrogen-bond donors (Lipinski definition) is 1. The van der Waals surface area contributed by atoms with Gasteiger partial charge >= 0.3 is 0 Å². The Morgan fingerprint density at radius 3 is 2.74 bits per heavy atom. The molecule has 174 valence electrons. The average molecular weight is 428 g/mol. The van der Waals surface area contributed by atoms with Crippen LogP contribution in [0.25, 0.3) is 0 Å². The van der Waals surface area contributed by atoms with E-state index in [0.717, 1.165) is 61.1 Å². The minimum Gasteiger partial charge on any atom is -0.393 e. The molecule has 11 atom stereocenters. The van der Waals surface area contributed by atoms with Gasteiger partial charge in [0.05, 0.1) is 18.9 Å². The average Bonchev–Trinajstić information content (AvgIpc) is 2.96. The van der Waals surface area contributed by atoms with Crippen molar-refractivity contribution in [3.8, 4) is 0 Å². The molecule has 1 N–H and O–H groups in total. The van der Waals surface area contributed by atoms with Gasteiger partial charge in [-0.05, 0) is 104 Å². The topological polar surface area (TPSA) is 32.7 Å². The first-order valence-electron chi connectivity index (χ1n) is 13.5. The number of aliphatic hydroxyl groups is 1. The van der Waals surface area contributed by atoms with Crippen molar-refractivity contribution >= 4 is 0 Å². The van der Waals surface area contributed by atoms with Crippen molar-refractivity contribution in [1.29, 1.82) is 0 Å². The highest BCUT2D eigenvalue weighted by Crippen LogP contribution is 2.68. The molecule has 0 aromatic heterocycles. The summed E-state index contributed by atoms with van der Waals surface area (Å²) in [5, 5.41) is 10.3. The molecule has 2 aliphatic heterocycles. The number of allylic oxidation sites excluding steroid dienone is 1. The third-order valence-corrected chi connectivity index (χ3v) is 11.8. The molecule has 4 aliphatic carbocycles. The van der Waals surface area contributed by atoms with Crippen LogP contribution < -0.4 is 0 Å². The molecule has 0 spiro atoms. The summed E-state index contributed by atoms with van der Waals surface area (Å²) in [7, 11) is 0. The van der Waals surface area contributed by atoms with Crippen LogP contribution in [-0.4, -0.2) is 41.5 Å². The summed E-state index contributed by atoms with van der Waals surface area (Å²) in [6, 6.07) is 0.731. The Morgan fingerprint density at radius 1 is 1.06 bits per heavy atom. The SMILES string of the molecule is C[C@@H]1CC[C@@H]2[C@H](C)[C@H]3[C@@H](C[C@H]4[C@@H]5CC=C6C[C@@H](O)CC[C@]6(C)[C@H]5CC[C@]34C)OCN2C1. The summed E-state index contributed by atoms with van der Waals surface area (Å²) in [5.74, 6) is 4.77. The van der Waals surface area contributed by atoms with Gasteiger partial charge in [-0.25, -0.2) is 0 Å². The number of fused-ring (bicyclic) bond motifs is 8. The summed E-state index contributed by atoms with van der Waals surface area (Å²) in [6.07, 6.45) is 14.2. The van der Waals surface area contributed by atoms with Crippen LogP contribution in [0.5, 0.6) is 0 Å². The van der Waals surface area contributed by atoms with E-state index >= 15 is 0 Å². The Hall–Kier alpha value is -0.380. The summed E-state index contributed by atoms with van der Waals surface area (Å²) >= 11 is 0. The molecular formula is C28H45NO2. The Morgan fingerprint density at radius 2 is 1.90 bits per heavy atom. The minimum absolute atomic E-state index is 0.0989. The van der Waals surface area contributed by atoms with Gasteiger partial charge in [0, 0.05) is 12.6 Å². The van der Waals surface area contributed by atoms with E-state index < -0.39 is 0 Å². The number of aliphatic hydroxyl groups excluding tert-OH is 1. The van der Waals surface area contributed by atoms with Gasteiger partial charge < -0.3 is 9.84 Å². The van der Waals surface area contributed by atoms with Gasteiger partial charge in [-0.15, -0.1) is 0 Å². The maximum Gasteiger partial charge on any atom is 0.0996 e. The molecule has 0 radical (unpaired) electrons. The van der Waals surface area contributed by atoms with Crippen LogP contribution in [0, 0.1) is 46.3 Å². The quantitative estimate of drug-likeness (QED) is 0.509. The zero-order valence-electron chi connectivity index (χ0n) is 20.4. The highest BCUT2D eigenvalue weighted by Gasteiger charge is 2.63. The number of piperidine rings is 1. The second kappa shape index (κ2) is 7.31. The first kappa shape index (κ1) is 21.2. The second-order valence-corrected chi connectivity index (χ2v) is 13.2. The molecule has 3 heteroatoms. The van der Waals surface area contributed by atoms with E-state index in [0.29, 0.717) is 16.9 Å². The van der Waals surface area contributed by atoms with Gasteiger partial charge in [-0.1, -0.05) is 39.3 Å². The molecule has 0 bridgehead atoms. The van der Waals surface area contributed by atoms with Gasteiger partial charge in [0.1, 0.15) is 0 Å². The molecule has 2 heterocycles. The van der Waals surface area contributed by atoms with Crippen molar-refractivity contribution in [2.75, 3.05) is 13.3 Å². The van der Waals surface area contributed by atoms with E-state index in [1.807, 2.05) is 0 Å². The fourth-order valence-electron chi connectivity index (χ4n) is 10.2. The predicted molar refractivity (Wildman–Crippen MR) is 124 cm³/mol. The van der Waals surface area contributed by atoms with Crippen molar-refractivity contribution in [2.24, 2.45) is 46.3 Å². The Bertz CT molecular complexity index is 749. The van der Waals surface area contributed by atoms with Crippen molar-refractivity contribution < 1.29 is 9.84 Å². The molecule has 0 aromatic rings. The van der Waals surface area contributed by atoms with E-state index in [1.165, 1.54) is 51.5 Å². The van der Waals surface area contributed by atoms with Gasteiger partial charge in [0.25, 0.3) is 0 Å². The zero-order valence-corrected chi connectivity index (χ0v) is 20.4. The molecule has 5 fully saturated rings. The molecule has 3 nitrogen and oxygen atoms in total. The molecule has 6 rings (SSSR count). The van der Waals surface area contributed by atoms with Crippen LogP contribution in [0.15, 0.2) is 11.6 Å². The number of nitrogens with zero attached hydrogens (tertiary/aromatic N) is 1. The third-order valence-electron chi connectivity index (χ3n) is 11.8. The van der Waals surface area contributed by atoms with E-state index in [4.69, 9.17) is 4.74 Å². The standard InChI is InChI=1S/C28H45NO2/c1-17-5-8-24-18(2)26-25(31-16-29(24)15-17)14-23-21-7-6-19-13-20(30)9-11-27(19,3)22(21)10-12-28(23,26)4/h6,17-18,20-26,30H,5,7-16H2,1-4H3/t17-,18+,20+,21-,22+,23+,24-,25-,26+,27+,28+/m1/s1. The number of ether oxygens (including phenoxy) is 1. The molecule has 0 amide bonds. The fourth-order valence-corrected chi connectivity index (χ4v) is 10.2. The van der Waals surface area contributed by atoms with Crippen LogP contribution in [0.3, 0.4) is 0 Å². The Balaban J connectivity index is 1.30. The summed E-state index contributed by atoms with van der Waals surface area (Å²) < 4.78 is 6.78. The van der Waals surface area contributed by atoms with Gasteiger partial charge in [0.15, 0.2) is 0 Å². The number of hydrogen-bond acceptors (Lipinski definition) is 3. The molecule has 6 aliphatic rings. The molecule has 0 aromatic carbocycles. The largest absolute Gasteiger partial charge is 0.393 e. The summed E-state index contributed by atoms with van der Waals surface area (Å²) in [6.45, 7) is 12.3. The van der Waals surface area contributed by atoms with Gasteiger partial charge in [-0.2, -0.15) is 0 Å². The molecular weight excluding hydrogens is 382 g/mol. The van der Waals surface area contributed by atoms with Crippen LogP contribution in [0.2, 0.25) is 0 Å². The lowest BCUT2D eigenvalue weighted by molar-refractivity contribution is -0.0644. The Kier molecular flexibility index (Phi) is 4.99. The minimum atomic E-state index is -0.0989. The third kappa shape index (κ3) is 3.01. The highest BCUT2D eigenvalue weighted by atomic mass is 16.5. The predicted octanol–water partition coefficient (Wildman–Crippen LogP) is 5.63. The van der Waals surface area contributed by atoms with Crippen LogP contribution in [0.4, 0.5) is 0 Å². The van der Waals surface area contributed by atoms with Crippen molar-refractivity contribution in [3.05, 3.63) is 11.6 Å². The highest BCUT2D eigenvalue weighted by molar-refractivity contribution is 5.26. The van der Waals surface area contributed by atoms with E-state index in [9.17, 15) is 5.11 Å².